The maximum atomic E-state index is 4.35. The number of aryl methyl sites for hydroxylation is 5. The first kappa shape index (κ1) is 15.9. The van der Waals surface area contributed by atoms with Gasteiger partial charge in [0, 0.05) is 17.5 Å². The molecule has 0 bridgehead atoms. The number of rotatable bonds is 5. The Morgan fingerprint density at radius 2 is 1.57 bits per heavy atom. The van der Waals surface area contributed by atoms with Gasteiger partial charge in [-0.05, 0) is 55.9 Å². The Labute approximate surface area is 143 Å². The molecule has 0 unspecified atom stereocenters. The van der Waals surface area contributed by atoms with Crippen molar-refractivity contribution in [3.8, 4) is 0 Å². The van der Waals surface area contributed by atoms with Gasteiger partial charge in [0.2, 0.25) is 0 Å². The SMILES string of the molecule is Cc1ccc(CCc2ccc(Cc3cnc(C)s3)c(C)c2)cc1. The first-order valence-electron chi connectivity index (χ1n) is 8.15. The molecule has 2 heteroatoms. The Morgan fingerprint density at radius 1 is 0.870 bits per heavy atom. The van der Waals surface area contributed by atoms with Crippen molar-refractivity contribution in [3.05, 3.63) is 86.4 Å². The van der Waals surface area contributed by atoms with E-state index in [2.05, 4.69) is 68.2 Å². The van der Waals surface area contributed by atoms with E-state index in [0.717, 1.165) is 24.3 Å². The molecule has 0 saturated carbocycles. The van der Waals surface area contributed by atoms with Crippen molar-refractivity contribution in [1.82, 2.24) is 4.98 Å². The van der Waals surface area contributed by atoms with Crippen molar-refractivity contribution in [1.29, 1.82) is 0 Å². The first-order chi connectivity index (χ1) is 11.1. The molecule has 0 amide bonds. The second kappa shape index (κ2) is 7.10. The fraction of sp³-hybridized carbons (Fsp3) is 0.286. The summed E-state index contributed by atoms with van der Waals surface area (Å²) in [6.45, 7) is 6.42. The van der Waals surface area contributed by atoms with Gasteiger partial charge in [0.1, 0.15) is 0 Å². The second-order valence-electron chi connectivity index (χ2n) is 6.27. The average molecular weight is 321 g/mol. The zero-order valence-corrected chi connectivity index (χ0v) is 14.9. The van der Waals surface area contributed by atoms with Gasteiger partial charge in [-0.1, -0.05) is 48.0 Å². The summed E-state index contributed by atoms with van der Waals surface area (Å²) in [7, 11) is 0. The zero-order chi connectivity index (χ0) is 16.2. The molecule has 0 aliphatic rings. The molecule has 1 nitrogen and oxygen atoms in total. The lowest BCUT2D eigenvalue weighted by molar-refractivity contribution is 0.954. The van der Waals surface area contributed by atoms with Crippen LogP contribution in [0.2, 0.25) is 0 Å². The Hall–Kier alpha value is -1.93. The minimum absolute atomic E-state index is 0.996. The number of hydrogen-bond donors (Lipinski definition) is 0. The standard InChI is InChI=1S/C21H23NS/c1-15-4-6-18(7-5-15)8-9-19-10-11-20(16(2)12-19)13-21-14-22-17(3)23-21/h4-7,10-12,14H,8-9,13H2,1-3H3. The van der Waals surface area contributed by atoms with E-state index >= 15 is 0 Å². The van der Waals surface area contributed by atoms with Gasteiger partial charge >= 0.3 is 0 Å². The molecule has 1 aromatic heterocycles. The van der Waals surface area contributed by atoms with Crippen LogP contribution in [0.5, 0.6) is 0 Å². The predicted octanol–water partition coefficient (Wildman–Crippen LogP) is 5.44. The zero-order valence-electron chi connectivity index (χ0n) is 14.1. The lowest BCUT2D eigenvalue weighted by Crippen LogP contribution is -1.95. The average Bonchev–Trinajstić information content (AvgIpc) is 2.94. The van der Waals surface area contributed by atoms with Gasteiger partial charge in [-0.3, -0.25) is 0 Å². The molecule has 0 aliphatic carbocycles. The highest BCUT2D eigenvalue weighted by atomic mass is 32.1. The van der Waals surface area contributed by atoms with Crippen LogP contribution in [0, 0.1) is 20.8 Å². The van der Waals surface area contributed by atoms with Crippen LogP contribution in [0.4, 0.5) is 0 Å². The van der Waals surface area contributed by atoms with E-state index in [1.807, 2.05) is 6.20 Å². The van der Waals surface area contributed by atoms with E-state index in [0.29, 0.717) is 0 Å². The molecular formula is C21H23NS. The van der Waals surface area contributed by atoms with Crippen LogP contribution in [0.1, 0.15) is 37.7 Å². The van der Waals surface area contributed by atoms with Crippen molar-refractivity contribution in [2.45, 2.75) is 40.0 Å². The van der Waals surface area contributed by atoms with Crippen molar-refractivity contribution in [2.24, 2.45) is 0 Å². The highest BCUT2D eigenvalue weighted by Gasteiger charge is 2.05. The van der Waals surface area contributed by atoms with Gasteiger partial charge in [0.05, 0.1) is 5.01 Å². The summed E-state index contributed by atoms with van der Waals surface area (Å²) in [6, 6.07) is 15.8. The summed E-state index contributed by atoms with van der Waals surface area (Å²) in [5.74, 6) is 0. The van der Waals surface area contributed by atoms with E-state index < -0.39 is 0 Å². The topological polar surface area (TPSA) is 12.9 Å². The van der Waals surface area contributed by atoms with Crippen LogP contribution in [-0.4, -0.2) is 4.98 Å². The van der Waals surface area contributed by atoms with E-state index in [9.17, 15) is 0 Å². The van der Waals surface area contributed by atoms with E-state index in [-0.39, 0.29) is 0 Å². The fourth-order valence-electron chi connectivity index (χ4n) is 2.83. The first-order valence-corrected chi connectivity index (χ1v) is 8.97. The third-order valence-electron chi connectivity index (χ3n) is 4.26. The quantitative estimate of drug-likeness (QED) is 0.609. The highest BCUT2D eigenvalue weighted by Crippen LogP contribution is 2.20. The molecule has 0 aliphatic heterocycles. The van der Waals surface area contributed by atoms with Gasteiger partial charge in [0.25, 0.3) is 0 Å². The minimum atomic E-state index is 0.996. The third-order valence-corrected chi connectivity index (χ3v) is 5.18. The number of benzene rings is 2. The Bertz CT molecular complexity index is 784. The molecule has 0 spiro atoms. The lowest BCUT2D eigenvalue weighted by Gasteiger charge is -2.08. The molecule has 0 fully saturated rings. The smallest absolute Gasteiger partial charge is 0.0896 e. The molecular weight excluding hydrogens is 298 g/mol. The molecule has 1 heterocycles. The summed E-state index contributed by atoms with van der Waals surface area (Å²) in [4.78, 5) is 5.69. The monoisotopic (exact) mass is 321 g/mol. The molecule has 3 aromatic rings. The van der Waals surface area contributed by atoms with E-state index in [4.69, 9.17) is 0 Å². The van der Waals surface area contributed by atoms with Crippen LogP contribution in [0.15, 0.2) is 48.7 Å². The summed E-state index contributed by atoms with van der Waals surface area (Å²) in [6.07, 6.45) is 5.21. The van der Waals surface area contributed by atoms with Crippen LogP contribution in [0.3, 0.4) is 0 Å². The van der Waals surface area contributed by atoms with Crippen molar-refractivity contribution >= 4 is 11.3 Å². The number of aromatic nitrogens is 1. The predicted molar refractivity (Wildman–Crippen MR) is 99.4 cm³/mol. The van der Waals surface area contributed by atoms with Gasteiger partial charge in [-0.15, -0.1) is 11.3 Å². The van der Waals surface area contributed by atoms with Crippen LogP contribution < -0.4 is 0 Å². The minimum Gasteiger partial charge on any atom is -0.250 e. The summed E-state index contributed by atoms with van der Waals surface area (Å²) >= 11 is 1.79. The van der Waals surface area contributed by atoms with Crippen LogP contribution in [-0.2, 0) is 19.3 Å². The molecule has 23 heavy (non-hydrogen) atoms. The number of hydrogen-bond acceptors (Lipinski definition) is 2. The highest BCUT2D eigenvalue weighted by molar-refractivity contribution is 7.11. The van der Waals surface area contributed by atoms with E-state index in [1.165, 1.54) is 32.7 Å². The maximum absolute atomic E-state index is 4.35. The Kier molecular flexibility index (Phi) is 4.92. The molecule has 118 valence electrons. The Balaban J connectivity index is 1.65. The summed E-state index contributed by atoms with van der Waals surface area (Å²) in [5.41, 5.74) is 6.96. The van der Waals surface area contributed by atoms with Crippen LogP contribution in [0.25, 0.3) is 0 Å². The number of nitrogens with zero attached hydrogens (tertiary/aromatic N) is 1. The van der Waals surface area contributed by atoms with Crippen molar-refractivity contribution in [2.75, 3.05) is 0 Å². The molecule has 0 atom stereocenters. The largest absolute Gasteiger partial charge is 0.250 e. The normalized spacial score (nSPS) is 10.9. The van der Waals surface area contributed by atoms with Gasteiger partial charge < -0.3 is 0 Å². The third kappa shape index (κ3) is 4.29. The second-order valence-corrected chi connectivity index (χ2v) is 7.59. The molecule has 0 saturated heterocycles. The molecule has 0 radical (unpaired) electrons. The summed E-state index contributed by atoms with van der Waals surface area (Å²) < 4.78 is 0. The van der Waals surface area contributed by atoms with Crippen molar-refractivity contribution in [3.63, 3.8) is 0 Å². The lowest BCUT2D eigenvalue weighted by atomic mass is 9.98. The van der Waals surface area contributed by atoms with Gasteiger partial charge in [-0.25, -0.2) is 4.98 Å². The number of thiazole rings is 1. The Morgan fingerprint density at radius 3 is 2.22 bits per heavy atom. The van der Waals surface area contributed by atoms with Gasteiger partial charge in [-0.2, -0.15) is 0 Å². The molecule has 3 rings (SSSR count). The van der Waals surface area contributed by atoms with Gasteiger partial charge in [0.15, 0.2) is 0 Å². The summed E-state index contributed by atoms with van der Waals surface area (Å²) in [5, 5.41) is 1.15. The molecule has 0 N–H and O–H groups in total. The maximum Gasteiger partial charge on any atom is 0.0896 e. The van der Waals surface area contributed by atoms with Crippen LogP contribution >= 0.6 is 11.3 Å². The van der Waals surface area contributed by atoms with Crippen molar-refractivity contribution < 1.29 is 0 Å². The van der Waals surface area contributed by atoms with E-state index in [1.54, 1.807) is 11.3 Å². The molecule has 2 aromatic carbocycles. The fourth-order valence-corrected chi connectivity index (χ4v) is 3.65.